The maximum atomic E-state index is 8.12. The molecule has 1 rings (SSSR count). The summed E-state index contributed by atoms with van der Waals surface area (Å²) in [5.41, 5.74) is 1.08. The van der Waals surface area contributed by atoms with Crippen LogP contribution < -0.4 is 4.74 Å². The summed E-state index contributed by atoms with van der Waals surface area (Å²) in [5, 5.41) is 11.0. The Kier molecular flexibility index (Phi) is 4.73. The molecule has 1 aromatic rings. The maximum Gasteiger partial charge on any atom is 0.118 e. The molecule has 0 fully saturated rings. The summed E-state index contributed by atoms with van der Waals surface area (Å²) in [6.45, 7) is 0. The molecule has 0 unspecified atom stereocenters. The van der Waals surface area contributed by atoms with Gasteiger partial charge in [0.25, 0.3) is 0 Å². The zero-order valence-electron chi connectivity index (χ0n) is 8.50. The number of rotatable bonds is 4. The third-order valence-corrected chi connectivity index (χ3v) is 1.78. The van der Waals surface area contributed by atoms with Crippen molar-refractivity contribution in [1.82, 2.24) is 0 Å². The van der Waals surface area contributed by atoms with E-state index in [2.05, 4.69) is 5.16 Å². The molecule has 0 aliphatic heterocycles. The van der Waals surface area contributed by atoms with Crippen molar-refractivity contribution < 1.29 is 9.94 Å². The lowest BCUT2D eigenvalue weighted by Gasteiger charge is -1.98. The Hall–Kier alpha value is -2.03. The summed E-state index contributed by atoms with van der Waals surface area (Å²) in [4.78, 5) is 0. The van der Waals surface area contributed by atoms with Gasteiger partial charge in [0, 0.05) is 0 Å². The summed E-state index contributed by atoms with van der Waals surface area (Å²) in [7, 11) is 1.64. The van der Waals surface area contributed by atoms with E-state index in [9.17, 15) is 0 Å². The SMILES string of the molecule is COc1ccc(/C=C/C=C\C=N\O)cc1. The van der Waals surface area contributed by atoms with Gasteiger partial charge in [-0.1, -0.05) is 35.5 Å². The monoisotopic (exact) mass is 203 g/mol. The fourth-order valence-corrected chi connectivity index (χ4v) is 1.03. The number of hydrogen-bond donors (Lipinski definition) is 1. The Balaban J connectivity index is 2.57. The molecule has 1 aromatic carbocycles. The van der Waals surface area contributed by atoms with Crippen LogP contribution in [0.5, 0.6) is 5.75 Å². The molecule has 0 saturated heterocycles. The highest BCUT2D eigenvalue weighted by Gasteiger charge is 1.88. The van der Waals surface area contributed by atoms with Crippen LogP contribution in [0.4, 0.5) is 0 Å². The molecule has 1 N–H and O–H groups in total. The van der Waals surface area contributed by atoms with Gasteiger partial charge < -0.3 is 9.94 Å². The van der Waals surface area contributed by atoms with Gasteiger partial charge in [-0.3, -0.25) is 0 Å². The summed E-state index contributed by atoms with van der Waals surface area (Å²) in [5.74, 6) is 0.843. The summed E-state index contributed by atoms with van der Waals surface area (Å²) < 4.78 is 5.04. The molecular weight excluding hydrogens is 190 g/mol. The van der Waals surface area contributed by atoms with Gasteiger partial charge in [0.2, 0.25) is 0 Å². The van der Waals surface area contributed by atoms with Gasteiger partial charge in [0.05, 0.1) is 13.3 Å². The van der Waals surface area contributed by atoms with E-state index in [-0.39, 0.29) is 0 Å². The first kappa shape index (κ1) is 11.0. The Morgan fingerprint density at radius 1 is 1.13 bits per heavy atom. The standard InChI is InChI=1S/C12H13NO2/c1-15-12-8-6-11(7-9-12)5-3-2-4-10-13-14/h2-10,14H,1H3/b4-2-,5-3+,13-10+. The molecule has 0 amide bonds. The van der Waals surface area contributed by atoms with E-state index in [0.29, 0.717) is 0 Å². The molecule has 0 aromatic heterocycles. The second kappa shape index (κ2) is 6.43. The van der Waals surface area contributed by atoms with E-state index in [4.69, 9.17) is 9.94 Å². The molecule has 0 atom stereocenters. The van der Waals surface area contributed by atoms with Gasteiger partial charge in [0.1, 0.15) is 5.75 Å². The topological polar surface area (TPSA) is 41.8 Å². The zero-order chi connectivity index (χ0) is 10.9. The molecule has 0 bridgehead atoms. The number of methoxy groups -OCH3 is 1. The first-order valence-electron chi connectivity index (χ1n) is 4.51. The van der Waals surface area contributed by atoms with Crippen LogP contribution in [-0.2, 0) is 0 Å². The predicted octanol–water partition coefficient (Wildman–Crippen LogP) is 2.72. The Morgan fingerprint density at radius 2 is 1.87 bits per heavy atom. The largest absolute Gasteiger partial charge is 0.497 e. The van der Waals surface area contributed by atoms with Crippen LogP contribution in [0.15, 0.2) is 47.6 Å². The average molecular weight is 203 g/mol. The molecular formula is C12H13NO2. The molecule has 0 spiro atoms. The fourth-order valence-electron chi connectivity index (χ4n) is 1.03. The number of hydrogen-bond acceptors (Lipinski definition) is 3. The lowest BCUT2D eigenvalue weighted by molar-refractivity contribution is 0.322. The summed E-state index contributed by atoms with van der Waals surface area (Å²) >= 11 is 0. The van der Waals surface area contributed by atoms with E-state index in [1.54, 1.807) is 19.3 Å². The van der Waals surface area contributed by atoms with Crippen LogP contribution >= 0.6 is 0 Å². The number of ether oxygens (including phenoxy) is 1. The van der Waals surface area contributed by atoms with Gasteiger partial charge in [-0.05, 0) is 23.8 Å². The van der Waals surface area contributed by atoms with Gasteiger partial charge in [0.15, 0.2) is 0 Å². The van der Waals surface area contributed by atoms with Crippen molar-refractivity contribution in [2.24, 2.45) is 5.16 Å². The number of oxime groups is 1. The second-order valence-electron chi connectivity index (χ2n) is 2.78. The fraction of sp³-hybridized carbons (Fsp3) is 0.0833. The van der Waals surface area contributed by atoms with Gasteiger partial charge in [-0.25, -0.2) is 0 Å². The van der Waals surface area contributed by atoms with Gasteiger partial charge in [-0.15, -0.1) is 0 Å². The minimum absolute atomic E-state index is 0.843. The molecule has 0 saturated carbocycles. The van der Waals surface area contributed by atoms with Crippen LogP contribution in [-0.4, -0.2) is 18.5 Å². The van der Waals surface area contributed by atoms with Crippen molar-refractivity contribution in [2.75, 3.05) is 7.11 Å². The zero-order valence-corrected chi connectivity index (χ0v) is 8.50. The minimum atomic E-state index is 0.843. The third kappa shape index (κ3) is 4.13. The molecule has 0 radical (unpaired) electrons. The number of benzene rings is 1. The van der Waals surface area contributed by atoms with Gasteiger partial charge in [-0.2, -0.15) is 0 Å². The van der Waals surface area contributed by atoms with E-state index in [0.717, 1.165) is 11.3 Å². The van der Waals surface area contributed by atoms with E-state index < -0.39 is 0 Å². The van der Waals surface area contributed by atoms with E-state index in [1.165, 1.54) is 6.21 Å². The average Bonchev–Trinajstić information content (AvgIpc) is 2.30. The highest BCUT2D eigenvalue weighted by molar-refractivity contribution is 5.71. The van der Waals surface area contributed by atoms with Crippen molar-refractivity contribution in [3.63, 3.8) is 0 Å². The van der Waals surface area contributed by atoms with Crippen molar-refractivity contribution in [1.29, 1.82) is 0 Å². The van der Waals surface area contributed by atoms with E-state index >= 15 is 0 Å². The molecule has 78 valence electrons. The minimum Gasteiger partial charge on any atom is -0.497 e. The lowest BCUT2D eigenvalue weighted by Crippen LogP contribution is -1.81. The van der Waals surface area contributed by atoms with Crippen LogP contribution in [0.25, 0.3) is 6.08 Å². The maximum absolute atomic E-state index is 8.12. The summed E-state index contributed by atoms with van der Waals surface area (Å²) in [6.07, 6.45) is 8.53. The third-order valence-electron chi connectivity index (χ3n) is 1.78. The molecule has 3 heteroatoms. The van der Waals surface area contributed by atoms with Crippen molar-refractivity contribution in [2.45, 2.75) is 0 Å². The molecule has 0 aliphatic carbocycles. The van der Waals surface area contributed by atoms with Crippen LogP contribution in [0, 0.1) is 0 Å². The van der Waals surface area contributed by atoms with Crippen molar-refractivity contribution >= 4 is 12.3 Å². The van der Waals surface area contributed by atoms with Crippen LogP contribution in [0.3, 0.4) is 0 Å². The first-order chi connectivity index (χ1) is 7.36. The van der Waals surface area contributed by atoms with Crippen molar-refractivity contribution in [3.05, 3.63) is 48.1 Å². The smallest absolute Gasteiger partial charge is 0.118 e. The highest BCUT2D eigenvalue weighted by Crippen LogP contribution is 2.12. The van der Waals surface area contributed by atoms with Crippen molar-refractivity contribution in [3.8, 4) is 5.75 Å². The molecule has 0 aliphatic rings. The Bertz CT molecular complexity index is 364. The molecule has 3 nitrogen and oxygen atoms in total. The highest BCUT2D eigenvalue weighted by atomic mass is 16.5. The number of nitrogens with zero attached hydrogens (tertiary/aromatic N) is 1. The molecule has 15 heavy (non-hydrogen) atoms. The predicted molar refractivity (Wildman–Crippen MR) is 61.4 cm³/mol. The van der Waals surface area contributed by atoms with Crippen LogP contribution in [0.2, 0.25) is 0 Å². The first-order valence-corrected chi connectivity index (χ1v) is 4.51. The summed E-state index contributed by atoms with van der Waals surface area (Å²) in [6, 6.07) is 7.73. The quantitative estimate of drug-likeness (QED) is 0.354. The lowest BCUT2D eigenvalue weighted by atomic mass is 10.2. The van der Waals surface area contributed by atoms with E-state index in [1.807, 2.05) is 36.4 Å². The van der Waals surface area contributed by atoms with Crippen LogP contribution in [0.1, 0.15) is 5.56 Å². The van der Waals surface area contributed by atoms with Gasteiger partial charge >= 0.3 is 0 Å². The normalized spacial score (nSPS) is 11.8. The number of allylic oxidation sites excluding steroid dienone is 3. The Morgan fingerprint density at radius 3 is 2.47 bits per heavy atom. The Labute approximate surface area is 89.0 Å². The molecule has 0 heterocycles. The second-order valence-corrected chi connectivity index (χ2v) is 2.78.